The highest BCUT2D eigenvalue weighted by Gasteiger charge is 2.24. The molecule has 1 atom stereocenters. The third-order valence-corrected chi connectivity index (χ3v) is 4.73. The normalized spacial score (nSPS) is 14.8. The highest BCUT2D eigenvalue weighted by molar-refractivity contribution is 6.32. The van der Waals surface area contributed by atoms with Crippen LogP contribution in [0.25, 0.3) is 0 Å². The lowest BCUT2D eigenvalue weighted by Crippen LogP contribution is -2.00. The van der Waals surface area contributed by atoms with Gasteiger partial charge in [-0.25, -0.2) is 0 Å². The summed E-state index contributed by atoms with van der Waals surface area (Å²) in [5, 5.41) is 1.08. The molecular formula is C16H13Cl3O. The fraction of sp³-hybridized carbons (Fsp3) is 0.250. The van der Waals surface area contributed by atoms with E-state index in [1.165, 1.54) is 0 Å². The minimum Gasteiger partial charge on any atom is -0.493 e. The largest absolute Gasteiger partial charge is 0.493 e. The van der Waals surface area contributed by atoms with Crippen LogP contribution in [-0.4, -0.2) is 6.61 Å². The molecule has 0 N–H and O–H groups in total. The highest BCUT2D eigenvalue weighted by atomic mass is 35.5. The van der Waals surface area contributed by atoms with Crippen LogP contribution in [0.2, 0.25) is 10.0 Å². The van der Waals surface area contributed by atoms with Crippen molar-refractivity contribution in [2.75, 3.05) is 6.61 Å². The number of fused-ring (bicyclic) bond motifs is 1. The van der Waals surface area contributed by atoms with Crippen molar-refractivity contribution in [3.05, 3.63) is 62.6 Å². The maximum Gasteiger partial charge on any atom is 0.127 e. The molecule has 0 fully saturated rings. The molecule has 3 rings (SSSR count). The fourth-order valence-electron chi connectivity index (χ4n) is 2.55. The van der Waals surface area contributed by atoms with Gasteiger partial charge in [0, 0.05) is 22.0 Å². The Morgan fingerprint density at radius 1 is 1.15 bits per heavy atom. The average molecular weight is 328 g/mol. The molecule has 20 heavy (non-hydrogen) atoms. The van der Waals surface area contributed by atoms with Crippen molar-refractivity contribution in [1.82, 2.24) is 0 Å². The molecular weight excluding hydrogens is 315 g/mol. The molecule has 1 nitrogen and oxygen atoms in total. The molecule has 0 bridgehead atoms. The van der Waals surface area contributed by atoms with E-state index in [4.69, 9.17) is 39.5 Å². The van der Waals surface area contributed by atoms with Gasteiger partial charge in [-0.1, -0.05) is 35.3 Å². The number of alkyl halides is 1. The second-order valence-electron chi connectivity index (χ2n) is 4.90. The smallest absolute Gasteiger partial charge is 0.127 e. The molecule has 2 aromatic rings. The van der Waals surface area contributed by atoms with Crippen molar-refractivity contribution in [3.8, 4) is 5.75 Å². The molecule has 1 heterocycles. The predicted octanol–water partition coefficient (Wildman–Crippen LogP) is 5.56. The lowest BCUT2D eigenvalue weighted by Gasteiger charge is -2.17. The number of benzene rings is 2. The molecule has 0 aliphatic carbocycles. The summed E-state index contributed by atoms with van der Waals surface area (Å²) in [6.45, 7) is 2.65. The van der Waals surface area contributed by atoms with Crippen LogP contribution in [0, 0.1) is 6.92 Å². The molecule has 2 aromatic carbocycles. The number of hydrogen-bond donors (Lipinski definition) is 0. The van der Waals surface area contributed by atoms with Gasteiger partial charge in [-0.3, -0.25) is 0 Å². The van der Waals surface area contributed by atoms with Crippen LogP contribution in [0.15, 0.2) is 30.3 Å². The van der Waals surface area contributed by atoms with Gasteiger partial charge in [0.05, 0.1) is 12.0 Å². The molecule has 0 radical (unpaired) electrons. The summed E-state index contributed by atoms with van der Waals surface area (Å²) in [7, 11) is 0. The lowest BCUT2D eigenvalue weighted by molar-refractivity contribution is 0.353. The maximum absolute atomic E-state index is 6.67. The van der Waals surface area contributed by atoms with Gasteiger partial charge < -0.3 is 4.74 Å². The van der Waals surface area contributed by atoms with Crippen molar-refractivity contribution < 1.29 is 4.74 Å². The minimum absolute atomic E-state index is 0.320. The predicted molar refractivity (Wildman–Crippen MR) is 84.5 cm³/mol. The zero-order valence-electron chi connectivity index (χ0n) is 10.9. The summed E-state index contributed by atoms with van der Waals surface area (Å²) in [4.78, 5) is 0. The summed E-state index contributed by atoms with van der Waals surface area (Å²) in [6, 6.07) is 9.58. The van der Waals surface area contributed by atoms with Crippen molar-refractivity contribution in [1.29, 1.82) is 0 Å². The third-order valence-electron chi connectivity index (χ3n) is 3.63. The first-order chi connectivity index (χ1) is 9.58. The Balaban J connectivity index is 2.11. The molecule has 1 aliphatic rings. The van der Waals surface area contributed by atoms with Gasteiger partial charge >= 0.3 is 0 Å². The van der Waals surface area contributed by atoms with E-state index in [9.17, 15) is 0 Å². The zero-order chi connectivity index (χ0) is 14.3. The van der Waals surface area contributed by atoms with E-state index in [0.29, 0.717) is 16.7 Å². The maximum atomic E-state index is 6.67. The monoisotopic (exact) mass is 326 g/mol. The molecule has 0 aromatic heterocycles. The molecule has 0 amide bonds. The van der Waals surface area contributed by atoms with E-state index in [1.54, 1.807) is 0 Å². The van der Waals surface area contributed by atoms with E-state index < -0.39 is 0 Å². The first kappa shape index (κ1) is 14.1. The first-order valence-electron chi connectivity index (χ1n) is 6.42. The molecule has 1 aliphatic heterocycles. The molecule has 0 saturated carbocycles. The second kappa shape index (κ2) is 5.48. The summed E-state index contributed by atoms with van der Waals surface area (Å²) in [5.74, 6) is 0.869. The first-order valence-corrected chi connectivity index (χ1v) is 7.61. The van der Waals surface area contributed by atoms with Crippen LogP contribution in [0.5, 0.6) is 5.75 Å². The van der Waals surface area contributed by atoms with Gasteiger partial charge in [0.1, 0.15) is 5.75 Å². The Morgan fingerprint density at radius 3 is 2.75 bits per heavy atom. The van der Waals surface area contributed by atoms with Gasteiger partial charge in [0.2, 0.25) is 0 Å². The lowest BCUT2D eigenvalue weighted by atomic mass is 9.97. The van der Waals surface area contributed by atoms with Crippen molar-refractivity contribution in [2.24, 2.45) is 0 Å². The van der Waals surface area contributed by atoms with E-state index in [2.05, 4.69) is 0 Å². The SMILES string of the molecule is Cc1c(Cl)cccc1C(Cl)c1cc(Cl)cc2c1OCC2. The van der Waals surface area contributed by atoms with Crippen molar-refractivity contribution in [2.45, 2.75) is 18.7 Å². The molecule has 1 unspecified atom stereocenters. The standard InChI is InChI=1S/C16H13Cl3O/c1-9-12(3-2-4-14(9)18)15(19)13-8-11(17)7-10-5-6-20-16(10)13/h2-4,7-8,15H,5-6H2,1H3. The molecule has 104 valence electrons. The van der Waals surface area contributed by atoms with E-state index in [-0.39, 0.29) is 5.38 Å². The molecule has 4 heteroatoms. The van der Waals surface area contributed by atoms with Gasteiger partial charge in [0.15, 0.2) is 0 Å². The molecule has 0 saturated heterocycles. The Hall–Kier alpha value is -0.890. The zero-order valence-corrected chi connectivity index (χ0v) is 13.2. The van der Waals surface area contributed by atoms with Crippen LogP contribution in [0.1, 0.15) is 27.6 Å². The Bertz CT molecular complexity index is 667. The van der Waals surface area contributed by atoms with Crippen LogP contribution >= 0.6 is 34.8 Å². The fourth-order valence-corrected chi connectivity index (χ4v) is 3.38. The highest BCUT2D eigenvalue weighted by Crippen LogP contribution is 2.42. The van der Waals surface area contributed by atoms with Gasteiger partial charge in [-0.2, -0.15) is 0 Å². The van der Waals surface area contributed by atoms with Crippen molar-refractivity contribution in [3.63, 3.8) is 0 Å². The Morgan fingerprint density at radius 2 is 1.95 bits per heavy atom. The number of halogens is 3. The van der Waals surface area contributed by atoms with E-state index in [0.717, 1.165) is 34.4 Å². The minimum atomic E-state index is -0.320. The average Bonchev–Trinajstić information content (AvgIpc) is 2.88. The third kappa shape index (κ3) is 2.39. The topological polar surface area (TPSA) is 9.23 Å². The Labute approximate surface area is 133 Å². The van der Waals surface area contributed by atoms with Crippen LogP contribution in [0.3, 0.4) is 0 Å². The van der Waals surface area contributed by atoms with Crippen LogP contribution in [0.4, 0.5) is 0 Å². The van der Waals surface area contributed by atoms with E-state index >= 15 is 0 Å². The number of ether oxygens (including phenoxy) is 1. The van der Waals surface area contributed by atoms with Crippen molar-refractivity contribution >= 4 is 34.8 Å². The quantitative estimate of drug-likeness (QED) is 0.656. The number of rotatable bonds is 2. The van der Waals surface area contributed by atoms with Gasteiger partial charge in [0.25, 0.3) is 0 Å². The molecule has 0 spiro atoms. The second-order valence-corrected chi connectivity index (χ2v) is 6.18. The van der Waals surface area contributed by atoms with Crippen LogP contribution in [-0.2, 0) is 6.42 Å². The number of hydrogen-bond acceptors (Lipinski definition) is 1. The summed E-state index contributed by atoms with van der Waals surface area (Å²) in [5.41, 5.74) is 4.01. The van der Waals surface area contributed by atoms with Gasteiger partial charge in [-0.05, 0) is 41.8 Å². The van der Waals surface area contributed by atoms with Crippen LogP contribution < -0.4 is 4.74 Å². The summed E-state index contributed by atoms with van der Waals surface area (Å²) >= 11 is 19.0. The van der Waals surface area contributed by atoms with Gasteiger partial charge in [-0.15, -0.1) is 11.6 Å². The summed E-state index contributed by atoms with van der Waals surface area (Å²) in [6.07, 6.45) is 0.876. The van der Waals surface area contributed by atoms with E-state index in [1.807, 2.05) is 37.3 Å². The Kier molecular flexibility index (Phi) is 3.85. The summed E-state index contributed by atoms with van der Waals surface area (Å²) < 4.78 is 5.72.